The molecule has 1 aromatic rings. The molecular formula is C10H17N3O. The summed E-state index contributed by atoms with van der Waals surface area (Å²) in [5.41, 5.74) is 7.21. The Bertz CT molecular complexity index is 299. The molecule has 0 radical (unpaired) electrons. The minimum Gasteiger partial charge on any atom is -0.392 e. The molecule has 14 heavy (non-hydrogen) atoms. The van der Waals surface area contributed by atoms with Crippen LogP contribution in [0, 0.1) is 0 Å². The van der Waals surface area contributed by atoms with Crippen LogP contribution in [0.1, 0.15) is 25.1 Å². The Hall–Kier alpha value is -1.13. The second-order valence-electron chi connectivity index (χ2n) is 3.54. The SMILES string of the molecule is CC(C)NCc1nc(N)ccc1CO. The third-order valence-corrected chi connectivity index (χ3v) is 1.94. The van der Waals surface area contributed by atoms with Gasteiger partial charge in [-0.15, -0.1) is 0 Å². The van der Waals surface area contributed by atoms with Gasteiger partial charge in [0.15, 0.2) is 0 Å². The highest BCUT2D eigenvalue weighted by Crippen LogP contribution is 2.09. The van der Waals surface area contributed by atoms with Crippen LogP contribution in [0.3, 0.4) is 0 Å². The molecule has 1 aromatic heterocycles. The lowest BCUT2D eigenvalue weighted by atomic mass is 10.2. The first-order valence-electron chi connectivity index (χ1n) is 4.72. The van der Waals surface area contributed by atoms with Crippen LogP contribution in [-0.2, 0) is 13.2 Å². The average molecular weight is 195 g/mol. The summed E-state index contributed by atoms with van der Waals surface area (Å²) >= 11 is 0. The van der Waals surface area contributed by atoms with Gasteiger partial charge in [0.05, 0.1) is 12.3 Å². The van der Waals surface area contributed by atoms with Gasteiger partial charge in [-0.3, -0.25) is 0 Å². The van der Waals surface area contributed by atoms with Crippen molar-refractivity contribution in [1.82, 2.24) is 10.3 Å². The van der Waals surface area contributed by atoms with Gasteiger partial charge in [-0.05, 0) is 6.07 Å². The number of anilines is 1. The van der Waals surface area contributed by atoms with Crippen LogP contribution < -0.4 is 11.1 Å². The molecule has 0 aromatic carbocycles. The third kappa shape index (κ3) is 2.97. The fourth-order valence-electron chi connectivity index (χ4n) is 1.14. The minimum absolute atomic E-state index is 0.00237. The number of hydrogen-bond acceptors (Lipinski definition) is 4. The molecule has 0 aliphatic carbocycles. The standard InChI is InChI=1S/C10H17N3O/c1-7(2)12-5-9-8(6-14)3-4-10(11)13-9/h3-4,7,12,14H,5-6H2,1-2H3,(H2,11,13). The summed E-state index contributed by atoms with van der Waals surface area (Å²) < 4.78 is 0. The summed E-state index contributed by atoms with van der Waals surface area (Å²) in [5, 5.41) is 12.3. The molecule has 0 amide bonds. The molecule has 1 heterocycles. The van der Waals surface area contributed by atoms with Crippen LogP contribution in [-0.4, -0.2) is 16.1 Å². The Morgan fingerprint density at radius 2 is 2.21 bits per heavy atom. The van der Waals surface area contributed by atoms with Gasteiger partial charge in [0, 0.05) is 18.2 Å². The van der Waals surface area contributed by atoms with E-state index in [0.717, 1.165) is 11.3 Å². The van der Waals surface area contributed by atoms with E-state index in [1.807, 2.05) is 0 Å². The van der Waals surface area contributed by atoms with Gasteiger partial charge < -0.3 is 16.2 Å². The molecule has 4 nitrogen and oxygen atoms in total. The number of nitrogens with one attached hydrogen (secondary N) is 1. The van der Waals surface area contributed by atoms with Gasteiger partial charge in [0.2, 0.25) is 0 Å². The topological polar surface area (TPSA) is 71.2 Å². The molecule has 0 spiro atoms. The van der Waals surface area contributed by atoms with Gasteiger partial charge in [-0.1, -0.05) is 19.9 Å². The number of aliphatic hydroxyl groups excluding tert-OH is 1. The van der Waals surface area contributed by atoms with Crippen LogP contribution in [0.5, 0.6) is 0 Å². The highest BCUT2D eigenvalue weighted by Gasteiger charge is 2.04. The predicted octanol–water partition coefficient (Wildman–Crippen LogP) is 0.654. The van der Waals surface area contributed by atoms with Gasteiger partial charge in [-0.2, -0.15) is 0 Å². The summed E-state index contributed by atoms with van der Waals surface area (Å²) in [5.74, 6) is 0.489. The highest BCUT2D eigenvalue weighted by molar-refractivity contribution is 5.33. The maximum atomic E-state index is 9.07. The summed E-state index contributed by atoms with van der Waals surface area (Å²) in [7, 11) is 0. The predicted molar refractivity (Wildman–Crippen MR) is 56.5 cm³/mol. The number of rotatable bonds is 4. The zero-order valence-electron chi connectivity index (χ0n) is 8.62. The summed E-state index contributed by atoms with van der Waals surface area (Å²) in [6.45, 7) is 4.76. The molecule has 0 unspecified atom stereocenters. The Kier molecular flexibility index (Phi) is 3.85. The lowest BCUT2D eigenvalue weighted by molar-refractivity contribution is 0.279. The van der Waals surface area contributed by atoms with E-state index in [4.69, 9.17) is 10.8 Å². The summed E-state index contributed by atoms with van der Waals surface area (Å²) in [4.78, 5) is 4.17. The fraction of sp³-hybridized carbons (Fsp3) is 0.500. The number of aliphatic hydroxyl groups is 1. The molecule has 1 rings (SSSR count). The largest absolute Gasteiger partial charge is 0.392 e. The van der Waals surface area contributed by atoms with Crippen molar-refractivity contribution < 1.29 is 5.11 Å². The number of nitrogens with zero attached hydrogens (tertiary/aromatic N) is 1. The van der Waals surface area contributed by atoms with Gasteiger partial charge in [0.1, 0.15) is 5.82 Å². The van der Waals surface area contributed by atoms with E-state index >= 15 is 0 Å². The fourth-order valence-corrected chi connectivity index (χ4v) is 1.14. The number of aromatic nitrogens is 1. The first kappa shape index (κ1) is 10.9. The zero-order chi connectivity index (χ0) is 10.6. The van der Waals surface area contributed by atoms with E-state index in [1.54, 1.807) is 12.1 Å². The van der Waals surface area contributed by atoms with Gasteiger partial charge in [0.25, 0.3) is 0 Å². The molecule has 0 saturated heterocycles. The third-order valence-electron chi connectivity index (χ3n) is 1.94. The van der Waals surface area contributed by atoms with Crippen molar-refractivity contribution in [2.24, 2.45) is 0 Å². The quantitative estimate of drug-likeness (QED) is 0.660. The van der Waals surface area contributed by atoms with Crippen molar-refractivity contribution in [2.75, 3.05) is 5.73 Å². The van der Waals surface area contributed by atoms with E-state index in [0.29, 0.717) is 18.4 Å². The first-order chi connectivity index (χ1) is 6.63. The number of nitrogen functional groups attached to an aromatic ring is 1. The summed E-state index contributed by atoms with van der Waals surface area (Å²) in [6.07, 6.45) is 0. The number of pyridine rings is 1. The Balaban J connectivity index is 2.77. The Morgan fingerprint density at radius 3 is 2.79 bits per heavy atom. The average Bonchev–Trinajstić information content (AvgIpc) is 2.15. The molecule has 0 bridgehead atoms. The summed E-state index contributed by atoms with van der Waals surface area (Å²) in [6, 6.07) is 3.90. The molecule has 0 saturated carbocycles. The van der Waals surface area contributed by atoms with E-state index in [9.17, 15) is 0 Å². The normalized spacial score (nSPS) is 10.9. The van der Waals surface area contributed by atoms with Crippen LogP contribution in [0.4, 0.5) is 5.82 Å². The Labute approximate surface area is 84.2 Å². The van der Waals surface area contributed by atoms with Crippen LogP contribution in [0.25, 0.3) is 0 Å². The van der Waals surface area contributed by atoms with Crippen molar-refractivity contribution in [3.05, 3.63) is 23.4 Å². The molecule has 78 valence electrons. The monoisotopic (exact) mass is 195 g/mol. The number of nitrogens with two attached hydrogens (primary N) is 1. The first-order valence-corrected chi connectivity index (χ1v) is 4.72. The van der Waals surface area contributed by atoms with Gasteiger partial charge in [-0.25, -0.2) is 4.98 Å². The highest BCUT2D eigenvalue weighted by atomic mass is 16.3. The Morgan fingerprint density at radius 1 is 1.50 bits per heavy atom. The van der Waals surface area contributed by atoms with Crippen LogP contribution in [0.15, 0.2) is 12.1 Å². The van der Waals surface area contributed by atoms with Crippen molar-refractivity contribution >= 4 is 5.82 Å². The van der Waals surface area contributed by atoms with E-state index in [-0.39, 0.29) is 6.61 Å². The second kappa shape index (κ2) is 4.93. The molecule has 0 aliphatic heterocycles. The minimum atomic E-state index is 0.00237. The molecule has 4 heteroatoms. The smallest absolute Gasteiger partial charge is 0.123 e. The van der Waals surface area contributed by atoms with Crippen molar-refractivity contribution in [1.29, 1.82) is 0 Å². The molecule has 0 aliphatic rings. The van der Waals surface area contributed by atoms with E-state index in [1.165, 1.54) is 0 Å². The molecule has 0 fully saturated rings. The van der Waals surface area contributed by atoms with Crippen molar-refractivity contribution in [3.8, 4) is 0 Å². The lowest BCUT2D eigenvalue weighted by Crippen LogP contribution is -2.23. The molecular weight excluding hydrogens is 178 g/mol. The van der Waals surface area contributed by atoms with Gasteiger partial charge >= 0.3 is 0 Å². The molecule has 0 atom stereocenters. The van der Waals surface area contributed by atoms with E-state index < -0.39 is 0 Å². The lowest BCUT2D eigenvalue weighted by Gasteiger charge is -2.10. The van der Waals surface area contributed by atoms with Crippen LogP contribution in [0.2, 0.25) is 0 Å². The van der Waals surface area contributed by atoms with Crippen molar-refractivity contribution in [2.45, 2.75) is 33.0 Å². The number of hydrogen-bond donors (Lipinski definition) is 3. The maximum absolute atomic E-state index is 9.07. The van der Waals surface area contributed by atoms with Crippen LogP contribution >= 0.6 is 0 Å². The second-order valence-corrected chi connectivity index (χ2v) is 3.54. The van der Waals surface area contributed by atoms with E-state index in [2.05, 4.69) is 24.1 Å². The zero-order valence-corrected chi connectivity index (χ0v) is 8.62. The maximum Gasteiger partial charge on any atom is 0.123 e. The van der Waals surface area contributed by atoms with Crippen molar-refractivity contribution in [3.63, 3.8) is 0 Å². The molecule has 4 N–H and O–H groups in total.